The summed E-state index contributed by atoms with van der Waals surface area (Å²) in [4.78, 5) is 4.75. The summed E-state index contributed by atoms with van der Waals surface area (Å²) in [6.07, 6.45) is 5.62. The highest BCUT2D eigenvalue weighted by Gasteiger charge is 2.15. The molecule has 0 aliphatic rings. The van der Waals surface area contributed by atoms with Crippen molar-refractivity contribution in [1.29, 1.82) is 0 Å². The van der Waals surface area contributed by atoms with E-state index >= 15 is 0 Å². The van der Waals surface area contributed by atoms with E-state index in [1.54, 1.807) is 18.1 Å². The normalized spacial score (nSPS) is 11.2. The zero-order valence-electron chi connectivity index (χ0n) is 16.7. The Kier molecular flexibility index (Phi) is 10.9. The van der Waals surface area contributed by atoms with Gasteiger partial charge in [-0.3, -0.25) is 0 Å². The van der Waals surface area contributed by atoms with Crippen molar-refractivity contribution in [1.82, 2.24) is 20.4 Å². The van der Waals surface area contributed by atoms with Crippen molar-refractivity contribution in [3.8, 4) is 5.88 Å². The smallest absolute Gasteiger partial charge is 0.216 e. The lowest BCUT2D eigenvalue weighted by Gasteiger charge is -2.12. The summed E-state index contributed by atoms with van der Waals surface area (Å²) in [5.41, 5.74) is 2.07. The number of hydrogen-bond acceptors (Lipinski definition) is 4. The van der Waals surface area contributed by atoms with Gasteiger partial charge in [-0.05, 0) is 25.0 Å². The SMILES string of the molecule is CCCCNC(=NCc1c(CC)nn(C)c1OC)NCCc1ccco1.I. The van der Waals surface area contributed by atoms with Crippen molar-refractivity contribution in [2.45, 2.75) is 46.1 Å². The van der Waals surface area contributed by atoms with Crippen LogP contribution in [0.3, 0.4) is 0 Å². The van der Waals surface area contributed by atoms with Crippen molar-refractivity contribution >= 4 is 29.9 Å². The molecule has 8 heteroatoms. The fourth-order valence-corrected chi connectivity index (χ4v) is 2.78. The maximum absolute atomic E-state index is 5.50. The predicted molar refractivity (Wildman–Crippen MR) is 119 cm³/mol. The van der Waals surface area contributed by atoms with Gasteiger partial charge in [-0.25, -0.2) is 9.67 Å². The summed E-state index contributed by atoms with van der Waals surface area (Å²) >= 11 is 0. The Bertz CT molecular complexity index is 683. The van der Waals surface area contributed by atoms with Crippen LogP contribution in [0.4, 0.5) is 0 Å². The highest BCUT2D eigenvalue weighted by atomic mass is 127. The third kappa shape index (κ3) is 7.08. The number of nitrogens with one attached hydrogen (secondary N) is 2. The number of methoxy groups -OCH3 is 1. The lowest BCUT2D eigenvalue weighted by molar-refractivity contribution is 0.369. The van der Waals surface area contributed by atoms with Gasteiger partial charge in [0.2, 0.25) is 5.88 Å². The molecule has 0 saturated heterocycles. The van der Waals surface area contributed by atoms with Gasteiger partial charge in [-0.2, -0.15) is 5.10 Å². The van der Waals surface area contributed by atoms with E-state index in [2.05, 4.69) is 29.6 Å². The van der Waals surface area contributed by atoms with Crippen LogP contribution in [0.1, 0.15) is 43.7 Å². The standard InChI is InChI=1S/C19H31N5O2.HI/c1-5-7-11-20-19(21-12-10-15-9-8-13-26-15)22-14-16-17(6-2)23-24(3)18(16)25-4;/h8-9,13H,5-7,10-12,14H2,1-4H3,(H2,20,21,22);1H. The highest BCUT2D eigenvalue weighted by Crippen LogP contribution is 2.22. The second-order valence-electron chi connectivity index (χ2n) is 6.11. The number of ether oxygens (including phenoxy) is 1. The maximum atomic E-state index is 5.50. The Morgan fingerprint density at radius 3 is 2.70 bits per heavy atom. The van der Waals surface area contributed by atoms with E-state index in [0.717, 1.165) is 67.6 Å². The van der Waals surface area contributed by atoms with E-state index in [1.807, 2.05) is 19.2 Å². The van der Waals surface area contributed by atoms with Gasteiger partial charge < -0.3 is 19.8 Å². The van der Waals surface area contributed by atoms with Gasteiger partial charge in [0, 0.05) is 26.6 Å². The molecule has 0 bridgehead atoms. The van der Waals surface area contributed by atoms with Gasteiger partial charge in [-0.15, -0.1) is 24.0 Å². The van der Waals surface area contributed by atoms with Gasteiger partial charge in [-0.1, -0.05) is 20.3 Å². The van der Waals surface area contributed by atoms with E-state index in [1.165, 1.54) is 0 Å². The number of aryl methyl sites for hydroxylation is 2. The summed E-state index contributed by atoms with van der Waals surface area (Å²) in [6.45, 7) is 6.46. The van der Waals surface area contributed by atoms with Crippen molar-refractivity contribution < 1.29 is 9.15 Å². The lowest BCUT2D eigenvalue weighted by Crippen LogP contribution is -2.39. The zero-order chi connectivity index (χ0) is 18.8. The Hall–Kier alpha value is -1.71. The Balaban J connectivity index is 0.00000364. The first kappa shape index (κ1) is 23.3. The molecule has 0 amide bonds. The molecule has 2 aromatic rings. The molecule has 2 rings (SSSR count). The first-order valence-corrected chi connectivity index (χ1v) is 9.32. The monoisotopic (exact) mass is 489 g/mol. The van der Waals surface area contributed by atoms with E-state index in [4.69, 9.17) is 14.1 Å². The van der Waals surface area contributed by atoms with Gasteiger partial charge in [0.05, 0.1) is 31.2 Å². The van der Waals surface area contributed by atoms with Gasteiger partial charge >= 0.3 is 0 Å². The molecule has 0 aromatic carbocycles. The number of unbranched alkanes of at least 4 members (excludes halogenated alkanes) is 1. The number of hydrogen-bond donors (Lipinski definition) is 2. The molecule has 0 spiro atoms. The average Bonchev–Trinajstić information content (AvgIpc) is 3.26. The summed E-state index contributed by atoms with van der Waals surface area (Å²) in [5.74, 6) is 2.54. The van der Waals surface area contributed by atoms with E-state index in [-0.39, 0.29) is 24.0 Å². The van der Waals surface area contributed by atoms with E-state index in [9.17, 15) is 0 Å². The maximum Gasteiger partial charge on any atom is 0.216 e. The molecule has 0 aliphatic heterocycles. The molecule has 0 aliphatic carbocycles. The fraction of sp³-hybridized carbons (Fsp3) is 0.579. The lowest BCUT2D eigenvalue weighted by atomic mass is 10.2. The third-order valence-corrected chi connectivity index (χ3v) is 4.16. The zero-order valence-corrected chi connectivity index (χ0v) is 19.1. The number of rotatable bonds is 10. The van der Waals surface area contributed by atoms with Crippen molar-refractivity contribution in [2.75, 3.05) is 20.2 Å². The molecule has 2 aromatic heterocycles. The van der Waals surface area contributed by atoms with Crippen LogP contribution in [0.5, 0.6) is 5.88 Å². The van der Waals surface area contributed by atoms with E-state index < -0.39 is 0 Å². The number of halogens is 1. The van der Waals surface area contributed by atoms with Crippen LogP contribution < -0.4 is 15.4 Å². The molecule has 2 heterocycles. The molecule has 2 N–H and O–H groups in total. The van der Waals surface area contributed by atoms with Crippen LogP contribution in [-0.2, 0) is 26.4 Å². The molecular weight excluding hydrogens is 457 g/mol. The number of nitrogens with zero attached hydrogens (tertiary/aromatic N) is 3. The molecule has 0 radical (unpaired) electrons. The van der Waals surface area contributed by atoms with Crippen LogP contribution in [0, 0.1) is 0 Å². The van der Waals surface area contributed by atoms with Crippen LogP contribution in [0.2, 0.25) is 0 Å². The second kappa shape index (κ2) is 12.6. The minimum atomic E-state index is 0. The van der Waals surface area contributed by atoms with Crippen LogP contribution in [0.25, 0.3) is 0 Å². The third-order valence-electron chi connectivity index (χ3n) is 4.16. The number of guanidine groups is 1. The van der Waals surface area contributed by atoms with Crippen molar-refractivity contribution in [3.05, 3.63) is 35.4 Å². The van der Waals surface area contributed by atoms with Crippen LogP contribution in [0.15, 0.2) is 27.8 Å². The summed E-state index contributed by atoms with van der Waals surface area (Å²) in [6, 6.07) is 3.89. The van der Waals surface area contributed by atoms with Crippen LogP contribution >= 0.6 is 24.0 Å². The molecule has 0 fully saturated rings. The largest absolute Gasteiger partial charge is 0.481 e. The topological polar surface area (TPSA) is 76.6 Å². The molecule has 27 heavy (non-hydrogen) atoms. The minimum Gasteiger partial charge on any atom is -0.481 e. The van der Waals surface area contributed by atoms with E-state index in [0.29, 0.717) is 6.54 Å². The second-order valence-corrected chi connectivity index (χ2v) is 6.11. The number of aliphatic imine (C=N–C) groups is 1. The fourth-order valence-electron chi connectivity index (χ4n) is 2.78. The molecule has 7 nitrogen and oxygen atoms in total. The number of aromatic nitrogens is 2. The summed E-state index contributed by atoms with van der Waals surface area (Å²) in [5, 5.41) is 11.3. The molecule has 0 atom stereocenters. The first-order valence-electron chi connectivity index (χ1n) is 9.32. The summed E-state index contributed by atoms with van der Waals surface area (Å²) in [7, 11) is 3.57. The molecule has 0 saturated carbocycles. The first-order chi connectivity index (χ1) is 12.7. The quantitative estimate of drug-likeness (QED) is 0.232. The average molecular weight is 489 g/mol. The highest BCUT2D eigenvalue weighted by molar-refractivity contribution is 14.0. The Labute approximate surface area is 179 Å². The number of furan rings is 1. The molecule has 0 unspecified atom stereocenters. The van der Waals surface area contributed by atoms with Gasteiger partial charge in [0.25, 0.3) is 0 Å². The minimum absolute atomic E-state index is 0. The molecule has 152 valence electrons. The molecular formula is C19H32IN5O2. The van der Waals surface area contributed by atoms with Gasteiger partial charge in [0.1, 0.15) is 5.76 Å². The Morgan fingerprint density at radius 1 is 1.30 bits per heavy atom. The van der Waals surface area contributed by atoms with Crippen LogP contribution in [-0.4, -0.2) is 35.9 Å². The van der Waals surface area contributed by atoms with Gasteiger partial charge in [0.15, 0.2) is 5.96 Å². The van der Waals surface area contributed by atoms with Crippen molar-refractivity contribution in [3.63, 3.8) is 0 Å². The summed E-state index contributed by atoms with van der Waals surface area (Å²) < 4.78 is 12.7. The van der Waals surface area contributed by atoms with Crippen molar-refractivity contribution in [2.24, 2.45) is 12.0 Å². The Morgan fingerprint density at radius 2 is 2.07 bits per heavy atom. The predicted octanol–water partition coefficient (Wildman–Crippen LogP) is 3.28.